The maximum atomic E-state index is 10.1. The maximum absolute atomic E-state index is 10.1. The maximum Gasteiger partial charge on any atom is 0.0894 e. The minimum Gasteiger partial charge on any atom is -0.387 e. The minimum atomic E-state index is -0.636. The number of aliphatic hydroxyl groups excluding tert-OH is 1. The first kappa shape index (κ1) is 24.9. The van der Waals surface area contributed by atoms with Gasteiger partial charge >= 0.3 is 0 Å². The summed E-state index contributed by atoms with van der Waals surface area (Å²) in [6, 6.07) is 9.64. The molecule has 160 valence electrons. The number of hydrogen-bond acceptors (Lipinski definition) is 3. The first-order valence-electron chi connectivity index (χ1n) is 11.5. The third kappa shape index (κ3) is 13.9. The molecule has 3 N–H and O–H groups in total. The van der Waals surface area contributed by atoms with Gasteiger partial charge in [-0.2, -0.15) is 0 Å². The van der Waals surface area contributed by atoms with Gasteiger partial charge in [-0.1, -0.05) is 114 Å². The second-order valence-corrected chi connectivity index (χ2v) is 7.91. The van der Waals surface area contributed by atoms with Crippen LogP contribution in [0.25, 0.3) is 0 Å². The van der Waals surface area contributed by atoms with E-state index in [1.807, 2.05) is 36.4 Å². The number of aliphatic hydroxyl groups is 1. The lowest BCUT2D eigenvalue weighted by Gasteiger charge is -2.16. The highest BCUT2D eigenvalue weighted by Crippen LogP contribution is 2.12. The molecule has 2 atom stereocenters. The highest BCUT2D eigenvalue weighted by atomic mass is 16.5. The van der Waals surface area contributed by atoms with Crippen LogP contribution in [0.4, 0.5) is 0 Å². The number of nitrogens with two attached hydrogens (primary N) is 1. The van der Waals surface area contributed by atoms with Gasteiger partial charge in [0.1, 0.15) is 0 Å². The Hall–Kier alpha value is -1.16. The van der Waals surface area contributed by atoms with E-state index >= 15 is 0 Å². The van der Waals surface area contributed by atoms with Crippen LogP contribution >= 0.6 is 0 Å². The van der Waals surface area contributed by atoms with Gasteiger partial charge in [0.15, 0.2) is 0 Å². The average Bonchev–Trinajstić information content (AvgIpc) is 2.72. The van der Waals surface area contributed by atoms with E-state index in [0.29, 0.717) is 13.2 Å². The topological polar surface area (TPSA) is 55.5 Å². The van der Waals surface area contributed by atoms with Crippen molar-refractivity contribution in [3.8, 4) is 0 Å². The summed E-state index contributed by atoms with van der Waals surface area (Å²) in [5.41, 5.74) is 7.12. The van der Waals surface area contributed by atoms with Crippen molar-refractivity contribution in [1.29, 1.82) is 0 Å². The third-order valence-electron chi connectivity index (χ3n) is 5.17. The Morgan fingerprint density at radius 1 is 0.893 bits per heavy atom. The van der Waals surface area contributed by atoms with E-state index in [1.165, 1.54) is 70.6 Å². The first-order chi connectivity index (χ1) is 13.7. The second-order valence-electron chi connectivity index (χ2n) is 7.91. The van der Waals surface area contributed by atoms with Crippen molar-refractivity contribution < 1.29 is 9.84 Å². The number of unbranched alkanes of at least 4 members (excludes halogenated alkanes) is 11. The zero-order valence-electron chi connectivity index (χ0n) is 18.0. The summed E-state index contributed by atoms with van der Waals surface area (Å²) >= 11 is 0. The van der Waals surface area contributed by atoms with Crippen LogP contribution in [0.15, 0.2) is 42.5 Å². The van der Waals surface area contributed by atoms with Crippen LogP contribution in [0.1, 0.15) is 89.5 Å². The highest BCUT2D eigenvalue weighted by molar-refractivity contribution is 5.13. The summed E-state index contributed by atoms with van der Waals surface area (Å²) in [5, 5.41) is 10.1. The van der Waals surface area contributed by atoms with E-state index in [0.717, 1.165) is 12.0 Å². The summed E-state index contributed by atoms with van der Waals surface area (Å²) < 4.78 is 5.60. The van der Waals surface area contributed by atoms with Crippen LogP contribution < -0.4 is 5.73 Å². The zero-order chi connectivity index (χ0) is 20.3. The fraction of sp³-hybridized carbons (Fsp3) is 0.680. The van der Waals surface area contributed by atoms with Crippen molar-refractivity contribution in [2.75, 3.05) is 6.61 Å². The lowest BCUT2D eigenvalue weighted by molar-refractivity contribution is 0.0713. The predicted octanol–water partition coefficient (Wildman–Crippen LogP) is 6.15. The van der Waals surface area contributed by atoms with E-state index in [1.54, 1.807) is 0 Å². The monoisotopic (exact) mass is 389 g/mol. The Labute approximate surface area is 173 Å². The second kappa shape index (κ2) is 17.9. The van der Waals surface area contributed by atoms with Gasteiger partial charge in [-0.25, -0.2) is 0 Å². The van der Waals surface area contributed by atoms with Gasteiger partial charge in [0.25, 0.3) is 0 Å². The highest BCUT2D eigenvalue weighted by Gasteiger charge is 2.11. The largest absolute Gasteiger partial charge is 0.387 e. The minimum absolute atomic E-state index is 0.360. The molecular weight excluding hydrogens is 346 g/mol. The number of ether oxygens (including phenoxy) is 1. The molecule has 0 aliphatic heterocycles. The zero-order valence-corrected chi connectivity index (χ0v) is 18.0. The van der Waals surface area contributed by atoms with Crippen LogP contribution in [-0.4, -0.2) is 23.9 Å². The van der Waals surface area contributed by atoms with Crippen LogP contribution in [0.3, 0.4) is 0 Å². The van der Waals surface area contributed by atoms with Crippen molar-refractivity contribution in [1.82, 2.24) is 0 Å². The number of benzene rings is 1. The smallest absolute Gasteiger partial charge is 0.0894 e. The SMILES string of the molecule is CCCCCCCCCCCCC/C=C/[C@H](O)[C@@H](N)COCc1ccccc1. The van der Waals surface area contributed by atoms with Crippen LogP contribution in [0.5, 0.6) is 0 Å². The van der Waals surface area contributed by atoms with Crippen molar-refractivity contribution in [3.05, 3.63) is 48.0 Å². The standard InChI is InChI=1S/C25H43NO2/c1-2-3-4-5-6-7-8-9-10-11-12-13-17-20-25(27)24(26)22-28-21-23-18-15-14-16-19-23/h14-20,24-25,27H,2-13,21-22,26H2,1H3/b20-17+/t24-,25-/m0/s1. The molecule has 0 saturated carbocycles. The van der Waals surface area contributed by atoms with Gasteiger partial charge in [0.2, 0.25) is 0 Å². The van der Waals surface area contributed by atoms with Gasteiger partial charge in [-0.3, -0.25) is 0 Å². The van der Waals surface area contributed by atoms with E-state index in [9.17, 15) is 5.11 Å². The van der Waals surface area contributed by atoms with E-state index in [2.05, 4.69) is 13.0 Å². The Kier molecular flexibility index (Phi) is 15.9. The summed E-state index contributed by atoms with van der Waals surface area (Å²) in [6.07, 6.45) is 19.2. The van der Waals surface area contributed by atoms with Gasteiger partial charge < -0.3 is 15.6 Å². The molecule has 1 aromatic rings. The van der Waals surface area contributed by atoms with Gasteiger partial charge in [0.05, 0.1) is 25.4 Å². The van der Waals surface area contributed by atoms with Gasteiger partial charge in [-0.05, 0) is 18.4 Å². The predicted molar refractivity (Wildman–Crippen MR) is 120 cm³/mol. The van der Waals surface area contributed by atoms with E-state index in [-0.39, 0.29) is 6.04 Å². The van der Waals surface area contributed by atoms with Crippen molar-refractivity contribution in [3.63, 3.8) is 0 Å². The molecule has 0 aromatic heterocycles. The summed E-state index contributed by atoms with van der Waals surface area (Å²) in [4.78, 5) is 0. The Morgan fingerprint density at radius 2 is 1.46 bits per heavy atom. The fourth-order valence-corrected chi connectivity index (χ4v) is 3.29. The van der Waals surface area contributed by atoms with E-state index < -0.39 is 6.10 Å². The molecule has 0 aliphatic carbocycles. The summed E-state index contributed by atoms with van der Waals surface area (Å²) in [5.74, 6) is 0. The molecule has 0 unspecified atom stereocenters. The molecule has 28 heavy (non-hydrogen) atoms. The molecule has 0 bridgehead atoms. The Morgan fingerprint density at radius 3 is 2.07 bits per heavy atom. The molecule has 0 amide bonds. The molecule has 0 spiro atoms. The number of hydrogen-bond donors (Lipinski definition) is 2. The van der Waals surface area contributed by atoms with Crippen LogP contribution in [-0.2, 0) is 11.3 Å². The first-order valence-corrected chi connectivity index (χ1v) is 11.5. The molecule has 0 fully saturated rings. The van der Waals surface area contributed by atoms with Gasteiger partial charge in [-0.15, -0.1) is 0 Å². The summed E-state index contributed by atoms with van der Waals surface area (Å²) in [7, 11) is 0. The lowest BCUT2D eigenvalue weighted by Crippen LogP contribution is -2.37. The molecular formula is C25H43NO2. The quantitative estimate of drug-likeness (QED) is 0.234. The fourth-order valence-electron chi connectivity index (χ4n) is 3.29. The lowest BCUT2D eigenvalue weighted by atomic mass is 10.0. The van der Waals surface area contributed by atoms with Crippen molar-refractivity contribution >= 4 is 0 Å². The molecule has 1 rings (SSSR count). The summed E-state index contributed by atoms with van der Waals surface area (Å²) in [6.45, 7) is 3.16. The van der Waals surface area contributed by atoms with Crippen LogP contribution in [0.2, 0.25) is 0 Å². The Bertz CT molecular complexity index is 475. The molecule has 0 radical (unpaired) electrons. The van der Waals surface area contributed by atoms with E-state index in [4.69, 9.17) is 10.5 Å². The average molecular weight is 390 g/mol. The van der Waals surface area contributed by atoms with Gasteiger partial charge in [0, 0.05) is 0 Å². The molecule has 3 nitrogen and oxygen atoms in total. The molecule has 0 aliphatic rings. The third-order valence-corrected chi connectivity index (χ3v) is 5.17. The van der Waals surface area contributed by atoms with Crippen LogP contribution in [0, 0.1) is 0 Å². The van der Waals surface area contributed by atoms with Crippen molar-refractivity contribution in [2.24, 2.45) is 5.73 Å². The van der Waals surface area contributed by atoms with Crippen molar-refractivity contribution in [2.45, 2.75) is 103 Å². The Balaban J connectivity index is 1.92. The number of rotatable bonds is 18. The molecule has 0 saturated heterocycles. The molecule has 3 heteroatoms. The molecule has 0 heterocycles. The number of allylic oxidation sites excluding steroid dienone is 1. The normalized spacial score (nSPS) is 13.8. The molecule has 1 aromatic carbocycles.